The van der Waals surface area contributed by atoms with Crippen LogP contribution in [0.2, 0.25) is 0 Å². The summed E-state index contributed by atoms with van der Waals surface area (Å²) >= 11 is 8.66. The highest BCUT2D eigenvalue weighted by molar-refractivity contribution is 9.10. The van der Waals surface area contributed by atoms with Crippen molar-refractivity contribution in [2.45, 2.75) is 20.8 Å². The van der Waals surface area contributed by atoms with Gasteiger partial charge in [0.15, 0.2) is 10.7 Å². The minimum atomic E-state index is -0.513. The highest BCUT2D eigenvalue weighted by atomic mass is 79.9. The molecule has 3 rings (SSSR count). The molecule has 3 aromatic rings. The first-order chi connectivity index (χ1) is 12.2. The van der Waals surface area contributed by atoms with Gasteiger partial charge in [-0.25, -0.2) is 4.98 Å². The molecular weight excluding hydrogens is 414 g/mol. The lowest BCUT2D eigenvalue weighted by molar-refractivity contribution is -0.126. The number of halogens is 1. The molecule has 2 aromatic carbocycles. The second-order valence-electron chi connectivity index (χ2n) is 6.87. The number of carbonyl (C=O) groups excluding carboxylic acids is 1. The van der Waals surface area contributed by atoms with Crippen LogP contribution >= 0.6 is 28.1 Å². The van der Waals surface area contributed by atoms with Gasteiger partial charge in [0.25, 0.3) is 0 Å². The minimum Gasteiger partial charge on any atom is -0.436 e. The van der Waals surface area contributed by atoms with Crippen LogP contribution in [0.4, 0.5) is 5.69 Å². The van der Waals surface area contributed by atoms with Gasteiger partial charge < -0.3 is 15.1 Å². The lowest BCUT2D eigenvalue weighted by Gasteiger charge is -2.18. The van der Waals surface area contributed by atoms with Crippen molar-refractivity contribution in [1.29, 1.82) is 0 Å². The number of hydrogen-bond donors (Lipinski definition) is 2. The van der Waals surface area contributed by atoms with Crippen LogP contribution in [0.3, 0.4) is 0 Å². The van der Waals surface area contributed by atoms with E-state index in [9.17, 15) is 4.79 Å². The highest BCUT2D eigenvalue weighted by Gasteiger charge is 2.22. The molecule has 7 heteroatoms. The third kappa shape index (κ3) is 4.28. The minimum absolute atomic E-state index is 0.144. The van der Waals surface area contributed by atoms with Gasteiger partial charge in [-0.3, -0.25) is 4.79 Å². The molecule has 26 heavy (non-hydrogen) atoms. The standard InChI is InChI=1S/C19H18BrN3O2S/c1-19(2,3)17(24)23-18(26)21-13-7-8-15-14(10-13)22-16(25-15)11-5-4-6-12(20)9-11/h4-10H,1-3H3,(H2,21,23,24,26). The average Bonchev–Trinajstić information content (AvgIpc) is 2.97. The maximum Gasteiger partial charge on any atom is 0.231 e. The van der Waals surface area contributed by atoms with Gasteiger partial charge in [0.2, 0.25) is 11.8 Å². The average molecular weight is 432 g/mol. The molecule has 0 saturated heterocycles. The van der Waals surface area contributed by atoms with Crippen LogP contribution in [-0.2, 0) is 4.79 Å². The fraction of sp³-hybridized carbons (Fsp3) is 0.211. The maximum atomic E-state index is 12.0. The predicted octanol–water partition coefficient (Wildman–Crippen LogP) is 5.12. The Labute approximate surface area is 165 Å². The molecule has 0 bridgehead atoms. The van der Waals surface area contributed by atoms with E-state index in [-0.39, 0.29) is 11.0 Å². The van der Waals surface area contributed by atoms with Crippen LogP contribution in [0.5, 0.6) is 0 Å². The molecule has 0 atom stereocenters. The molecule has 0 radical (unpaired) electrons. The normalized spacial score (nSPS) is 11.4. The Morgan fingerprint density at radius 2 is 1.96 bits per heavy atom. The van der Waals surface area contributed by atoms with Crippen molar-refractivity contribution in [1.82, 2.24) is 10.3 Å². The summed E-state index contributed by atoms with van der Waals surface area (Å²) in [5.41, 5.74) is 2.48. The van der Waals surface area contributed by atoms with Crippen molar-refractivity contribution in [3.05, 3.63) is 46.9 Å². The van der Waals surface area contributed by atoms with Crippen LogP contribution in [0.1, 0.15) is 20.8 Å². The smallest absolute Gasteiger partial charge is 0.231 e. The van der Waals surface area contributed by atoms with Crippen molar-refractivity contribution >= 4 is 56.0 Å². The van der Waals surface area contributed by atoms with Gasteiger partial charge in [-0.2, -0.15) is 0 Å². The van der Waals surface area contributed by atoms with Crippen LogP contribution < -0.4 is 10.6 Å². The molecule has 134 valence electrons. The number of hydrogen-bond acceptors (Lipinski definition) is 4. The summed E-state index contributed by atoms with van der Waals surface area (Å²) in [4.78, 5) is 16.5. The lowest BCUT2D eigenvalue weighted by atomic mass is 9.96. The summed E-state index contributed by atoms with van der Waals surface area (Å²) in [6.45, 7) is 5.49. The largest absolute Gasteiger partial charge is 0.436 e. The van der Waals surface area contributed by atoms with E-state index >= 15 is 0 Å². The van der Waals surface area contributed by atoms with E-state index in [2.05, 4.69) is 31.5 Å². The van der Waals surface area contributed by atoms with Gasteiger partial charge in [-0.1, -0.05) is 42.8 Å². The van der Waals surface area contributed by atoms with Crippen molar-refractivity contribution in [3.63, 3.8) is 0 Å². The summed E-state index contributed by atoms with van der Waals surface area (Å²) < 4.78 is 6.77. The van der Waals surface area contributed by atoms with E-state index in [0.29, 0.717) is 17.0 Å². The quantitative estimate of drug-likeness (QED) is 0.551. The van der Waals surface area contributed by atoms with Crippen LogP contribution in [0.25, 0.3) is 22.6 Å². The third-order valence-corrected chi connectivity index (χ3v) is 4.32. The van der Waals surface area contributed by atoms with Crippen molar-refractivity contribution < 1.29 is 9.21 Å². The molecule has 2 N–H and O–H groups in total. The number of fused-ring (bicyclic) bond motifs is 1. The second-order valence-corrected chi connectivity index (χ2v) is 8.19. The molecule has 0 aliphatic rings. The highest BCUT2D eigenvalue weighted by Crippen LogP contribution is 2.27. The number of benzene rings is 2. The number of oxazole rings is 1. The monoisotopic (exact) mass is 431 g/mol. The molecule has 0 aliphatic carbocycles. The molecule has 1 heterocycles. The van der Waals surface area contributed by atoms with Gasteiger partial charge in [0.1, 0.15) is 5.52 Å². The van der Waals surface area contributed by atoms with Crippen molar-refractivity contribution in [3.8, 4) is 11.5 Å². The molecule has 0 fully saturated rings. The number of thiocarbonyl (C=S) groups is 1. The second kappa shape index (κ2) is 7.17. The van der Waals surface area contributed by atoms with Gasteiger partial charge in [-0.15, -0.1) is 0 Å². The Kier molecular flexibility index (Phi) is 5.11. The van der Waals surface area contributed by atoms with E-state index in [1.54, 1.807) is 0 Å². The van der Waals surface area contributed by atoms with Gasteiger partial charge in [-0.05, 0) is 48.6 Å². The summed E-state index contributed by atoms with van der Waals surface area (Å²) in [5, 5.41) is 5.94. The SMILES string of the molecule is CC(C)(C)C(=O)NC(=S)Nc1ccc2oc(-c3cccc(Br)c3)nc2c1. The number of nitrogens with zero attached hydrogens (tertiary/aromatic N) is 1. The van der Waals surface area contributed by atoms with Gasteiger partial charge in [0, 0.05) is 21.1 Å². The summed E-state index contributed by atoms with van der Waals surface area (Å²) in [5.74, 6) is 0.400. The first kappa shape index (κ1) is 18.5. The lowest BCUT2D eigenvalue weighted by Crippen LogP contribution is -2.41. The number of carbonyl (C=O) groups is 1. The predicted molar refractivity (Wildman–Crippen MR) is 111 cm³/mol. The molecule has 1 aromatic heterocycles. The van der Waals surface area contributed by atoms with E-state index < -0.39 is 5.41 Å². The fourth-order valence-corrected chi connectivity index (χ4v) is 2.81. The molecule has 1 amide bonds. The van der Waals surface area contributed by atoms with Gasteiger partial charge >= 0.3 is 0 Å². The number of rotatable bonds is 2. The molecule has 5 nitrogen and oxygen atoms in total. The topological polar surface area (TPSA) is 67.2 Å². The molecule has 0 unspecified atom stereocenters. The van der Waals surface area contributed by atoms with E-state index in [1.807, 2.05) is 63.2 Å². The molecular formula is C19H18BrN3O2S. The van der Waals surface area contributed by atoms with Crippen LogP contribution in [0, 0.1) is 5.41 Å². The van der Waals surface area contributed by atoms with E-state index in [0.717, 1.165) is 15.7 Å². The van der Waals surface area contributed by atoms with Crippen LogP contribution in [-0.4, -0.2) is 16.0 Å². The zero-order chi connectivity index (χ0) is 18.9. The Morgan fingerprint density at radius 1 is 1.19 bits per heavy atom. The number of amides is 1. The summed E-state index contributed by atoms with van der Waals surface area (Å²) in [7, 11) is 0. The Bertz CT molecular complexity index is 992. The molecule has 0 spiro atoms. The Balaban J connectivity index is 1.79. The van der Waals surface area contributed by atoms with Crippen molar-refractivity contribution in [2.75, 3.05) is 5.32 Å². The summed E-state index contributed by atoms with van der Waals surface area (Å²) in [6, 6.07) is 13.2. The molecule has 0 aliphatic heterocycles. The Morgan fingerprint density at radius 3 is 2.65 bits per heavy atom. The first-order valence-electron chi connectivity index (χ1n) is 8.01. The van der Waals surface area contributed by atoms with Gasteiger partial charge in [0.05, 0.1) is 0 Å². The van der Waals surface area contributed by atoms with E-state index in [1.165, 1.54) is 0 Å². The maximum absolute atomic E-state index is 12.0. The fourth-order valence-electron chi connectivity index (χ4n) is 2.20. The third-order valence-electron chi connectivity index (χ3n) is 3.63. The summed E-state index contributed by atoms with van der Waals surface area (Å²) in [6.07, 6.45) is 0. The zero-order valence-electron chi connectivity index (χ0n) is 14.6. The molecule has 0 saturated carbocycles. The van der Waals surface area contributed by atoms with E-state index in [4.69, 9.17) is 16.6 Å². The zero-order valence-corrected chi connectivity index (χ0v) is 17.0. The Hall–Kier alpha value is -2.25. The number of anilines is 1. The number of nitrogens with one attached hydrogen (secondary N) is 2. The van der Waals surface area contributed by atoms with Crippen molar-refractivity contribution in [2.24, 2.45) is 5.41 Å². The first-order valence-corrected chi connectivity index (χ1v) is 9.21. The van der Waals surface area contributed by atoms with Crippen LogP contribution in [0.15, 0.2) is 51.4 Å². The number of aromatic nitrogens is 1.